The molecular weight excluding hydrogens is 477 g/mol. The molecule has 1 N–H and O–H groups in total. The van der Waals surface area contributed by atoms with Crippen molar-refractivity contribution in [3.05, 3.63) is 65.6 Å². The summed E-state index contributed by atoms with van der Waals surface area (Å²) in [5, 5.41) is 0.203. The van der Waals surface area contributed by atoms with Gasteiger partial charge in [-0.15, -0.1) is 0 Å². The minimum absolute atomic E-state index is 0.0659. The van der Waals surface area contributed by atoms with E-state index in [0.717, 1.165) is 0 Å². The van der Waals surface area contributed by atoms with E-state index >= 15 is 0 Å². The van der Waals surface area contributed by atoms with Crippen molar-refractivity contribution in [2.75, 3.05) is 39.4 Å². The molecule has 1 saturated heterocycles. The maximum atomic E-state index is 14.8. The van der Waals surface area contributed by atoms with Gasteiger partial charge in [-0.1, -0.05) is 37.6 Å². The number of H-pyrrole nitrogens is 1. The fourth-order valence-corrected chi connectivity index (χ4v) is 4.65. The lowest BCUT2D eigenvalue weighted by molar-refractivity contribution is -0.145. The van der Waals surface area contributed by atoms with Crippen molar-refractivity contribution in [1.82, 2.24) is 14.8 Å². The van der Waals surface area contributed by atoms with Gasteiger partial charge in [-0.2, -0.15) is 0 Å². The minimum atomic E-state index is -0.672. The predicted octanol–water partition coefficient (Wildman–Crippen LogP) is 4.12. The number of piperazine rings is 1. The first-order valence-corrected chi connectivity index (χ1v) is 12.7. The van der Waals surface area contributed by atoms with Gasteiger partial charge in [0.25, 0.3) is 11.8 Å². The Bertz CT molecular complexity index is 1250. The second kappa shape index (κ2) is 11.9. The van der Waals surface area contributed by atoms with E-state index < -0.39 is 17.7 Å². The van der Waals surface area contributed by atoms with Crippen LogP contribution in [-0.2, 0) is 14.3 Å². The molecule has 1 fully saturated rings. The first-order valence-electron chi connectivity index (χ1n) is 12.7. The zero-order valence-electron chi connectivity index (χ0n) is 21.2. The van der Waals surface area contributed by atoms with E-state index in [1.54, 1.807) is 41.0 Å². The second-order valence-electron chi connectivity index (χ2n) is 8.95. The van der Waals surface area contributed by atoms with Gasteiger partial charge in [0.15, 0.2) is 12.4 Å². The Balaban J connectivity index is 1.48. The maximum Gasteiger partial charge on any atom is 0.315 e. The normalized spacial score (nSPS) is 14.5. The summed E-state index contributed by atoms with van der Waals surface area (Å²) in [4.78, 5) is 44.9. The van der Waals surface area contributed by atoms with Gasteiger partial charge < -0.3 is 24.3 Å². The monoisotopic (exact) mass is 509 g/mol. The number of carbonyl (C=O) groups is 3. The molecule has 1 atom stereocenters. The fraction of sp³-hybridized carbons (Fsp3) is 0.393. The number of benzene rings is 2. The number of hydrogen-bond acceptors (Lipinski definition) is 5. The summed E-state index contributed by atoms with van der Waals surface area (Å²) < 4.78 is 26.0. The molecule has 1 aliphatic rings. The highest BCUT2D eigenvalue weighted by Gasteiger charge is 2.30. The van der Waals surface area contributed by atoms with E-state index in [9.17, 15) is 18.8 Å². The molecule has 0 bridgehead atoms. The summed E-state index contributed by atoms with van der Waals surface area (Å²) in [5.41, 5.74) is 1.50. The average Bonchev–Trinajstić information content (AvgIpc) is 3.30. The summed E-state index contributed by atoms with van der Waals surface area (Å²) in [5.74, 6) is -1.78. The molecule has 0 saturated carbocycles. The molecule has 1 aromatic heterocycles. The Hall–Kier alpha value is -3.88. The third-order valence-electron chi connectivity index (χ3n) is 6.53. The van der Waals surface area contributed by atoms with E-state index in [-0.39, 0.29) is 36.2 Å². The van der Waals surface area contributed by atoms with Crippen molar-refractivity contribution in [1.29, 1.82) is 0 Å². The number of esters is 1. The van der Waals surface area contributed by atoms with Crippen LogP contribution >= 0.6 is 0 Å². The quantitative estimate of drug-likeness (QED) is 0.438. The van der Waals surface area contributed by atoms with Crippen molar-refractivity contribution in [2.24, 2.45) is 0 Å². The summed E-state index contributed by atoms with van der Waals surface area (Å²) in [6, 6.07) is 13.6. The SMILES string of the molecule is CCCC(C(=O)OCC)c1[nH]c2cccc(F)c2c1OCC(=O)N1CCN(C(=O)c2ccccc2)CC1. The zero-order valence-corrected chi connectivity index (χ0v) is 21.2. The number of halogens is 1. The van der Waals surface area contributed by atoms with Crippen LogP contribution in [0.3, 0.4) is 0 Å². The van der Waals surface area contributed by atoms with Gasteiger partial charge in [-0.05, 0) is 37.6 Å². The molecule has 0 radical (unpaired) electrons. The highest BCUT2D eigenvalue weighted by molar-refractivity contribution is 5.94. The molecule has 2 heterocycles. The molecule has 0 aliphatic carbocycles. The number of ether oxygens (including phenoxy) is 2. The van der Waals surface area contributed by atoms with Crippen molar-refractivity contribution < 1.29 is 28.2 Å². The van der Waals surface area contributed by atoms with Gasteiger partial charge >= 0.3 is 5.97 Å². The Kier molecular flexibility index (Phi) is 8.43. The maximum absolute atomic E-state index is 14.8. The molecular formula is C28H32FN3O5. The van der Waals surface area contributed by atoms with Gasteiger partial charge in [0, 0.05) is 31.7 Å². The van der Waals surface area contributed by atoms with E-state index in [2.05, 4.69) is 4.98 Å². The first-order chi connectivity index (χ1) is 17.9. The minimum Gasteiger partial charge on any atom is -0.481 e. The number of carbonyl (C=O) groups excluding carboxylic acids is 3. The molecule has 2 amide bonds. The Morgan fingerprint density at radius 1 is 0.973 bits per heavy atom. The van der Waals surface area contributed by atoms with Crippen LogP contribution in [-0.4, -0.2) is 72.0 Å². The van der Waals surface area contributed by atoms with Crippen LogP contribution in [0.25, 0.3) is 10.9 Å². The smallest absolute Gasteiger partial charge is 0.315 e. The molecule has 37 heavy (non-hydrogen) atoms. The third-order valence-corrected chi connectivity index (χ3v) is 6.53. The van der Waals surface area contributed by atoms with Crippen LogP contribution in [0.1, 0.15) is 48.7 Å². The summed E-state index contributed by atoms with van der Waals surface area (Å²) in [6.07, 6.45) is 1.18. The van der Waals surface area contributed by atoms with Crippen LogP contribution < -0.4 is 4.74 Å². The van der Waals surface area contributed by atoms with E-state index in [1.807, 2.05) is 25.1 Å². The van der Waals surface area contributed by atoms with Crippen LogP contribution in [0.2, 0.25) is 0 Å². The molecule has 8 nitrogen and oxygen atoms in total. The van der Waals surface area contributed by atoms with Crippen molar-refractivity contribution >= 4 is 28.7 Å². The van der Waals surface area contributed by atoms with E-state index in [1.165, 1.54) is 6.07 Å². The van der Waals surface area contributed by atoms with E-state index in [0.29, 0.717) is 55.8 Å². The number of hydrogen-bond donors (Lipinski definition) is 1. The van der Waals surface area contributed by atoms with E-state index in [4.69, 9.17) is 9.47 Å². The standard InChI is InChI=1S/C28H32FN3O5/c1-3-9-20(28(35)36-4-2)25-26(24-21(29)12-8-13-22(24)30-25)37-18-23(33)31-14-16-32(17-15-31)27(34)19-10-6-5-7-11-19/h5-8,10-13,20,30H,3-4,9,14-18H2,1-2H3. The summed E-state index contributed by atoms with van der Waals surface area (Å²) in [6.45, 7) is 5.15. The zero-order chi connectivity index (χ0) is 26.4. The number of rotatable bonds is 9. The number of fused-ring (bicyclic) bond motifs is 1. The van der Waals surface area contributed by atoms with Crippen LogP contribution in [0.15, 0.2) is 48.5 Å². The molecule has 196 valence electrons. The van der Waals surface area contributed by atoms with Crippen molar-refractivity contribution in [3.8, 4) is 5.75 Å². The first kappa shape index (κ1) is 26.2. The average molecular weight is 510 g/mol. The lowest BCUT2D eigenvalue weighted by Crippen LogP contribution is -2.51. The van der Waals surface area contributed by atoms with Crippen LogP contribution in [0, 0.1) is 5.82 Å². The molecule has 4 rings (SSSR count). The van der Waals surface area contributed by atoms with Crippen LogP contribution in [0.4, 0.5) is 4.39 Å². The molecule has 0 spiro atoms. The number of nitrogens with zero attached hydrogens (tertiary/aromatic N) is 2. The Morgan fingerprint density at radius 2 is 1.68 bits per heavy atom. The van der Waals surface area contributed by atoms with Gasteiger partial charge in [-0.25, -0.2) is 4.39 Å². The molecule has 9 heteroatoms. The molecule has 1 unspecified atom stereocenters. The third kappa shape index (κ3) is 5.76. The summed E-state index contributed by atoms with van der Waals surface area (Å²) in [7, 11) is 0. The number of amides is 2. The fourth-order valence-electron chi connectivity index (χ4n) is 4.65. The van der Waals surface area contributed by atoms with Crippen molar-refractivity contribution in [3.63, 3.8) is 0 Å². The topological polar surface area (TPSA) is 91.9 Å². The van der Waals surface area contributed by atoms with Crippen LogP contribution in [0.5, 0.6) is 5.75 Å². The molecule has 3 aromatic rings. The molecule has 1 aliphatic heterocycles. The predicted molar refractivity (Wildman–Crippen MR) is 137 cm³/mol. The lowest BCUT2D eigenvalue weighted by atomic mass is 9.99. The van der Waals surface area contributed by atoms with Gasteiger partial charge in [0.05, 0.1) is 23.2 Å². The highest BCUT2D eigenvalue weighted by Crippen LogP contribution is 2.38. The van der Waals surface area contributed by atoms with Gasteiger partial charge in [0.1, 0.15) is 11.7 Å². The lowest BCUT2D eigenvalue weighted by Gasteiger charge is -2.34. The van der Waals surface area contributed by atoms with Gasteiger partial charge in [0.2, 0.25) is 0 Å². The number of aromatic amines is 1. The van der Waals surface area contributed by atoms with Crippen molar-refractivity contribution in [2.45, 2.75) is 32.6 Å². The summed E-state index contributed by atoms with van der Waals surface area (Å²) >= 11 is 0. The highest BCUT2D eigenvalue weighted by atomic mass is 19.1. The largest absolute Gasteiger partial charge is 0.481 e. The second-order valence-corrected chi connectivity index (χ2v) is 8.95. The Morgan fingerprint density at radius 3 is 2.35 bits per heavy atom. The number of nitrogens with one attached hydrogen (secondary N) is 1. The molecule has 2 aromatic carbocycles. The Labute approximate surface area is 215 Å². The number of aromatic nitrogens is 1. The van der Waals surface area contributed by atoms with Gasteiger partial charge in [-0.3, -0.25) is 14.4 Å².